The van der Waals surface area contributed by atoms with Gasteiger partial charge in [0.25, 0.3) is 0 Å². The first-order valence-corrected chi connectivity index (χ1v) is 7.82. The summed E-state index contributed by atoms with van der Waals surface area (Å²) in [6, 6.07) is -0.0293. The molecule has 120 valence electrons. The fourth-order valence-electron chi connectivity index (χ4n) is 3.35. The van der Waals surface area contributed by atoms with Crippen LogP contribution in [0.15, 0.2) is 0 Å². The van der Waals surface area contributed by atoms with Crippen LogP contribution in [-0.2, 0) is 9.59 Å². The van der Waals surface area contributed by atoms with Gasteiger partial charge in [0.2, 0.25) is 11.8 Å². The summed E-state index contributed by atoms with van der Waals surface area (Å²) in [5.41, 5.74) is 5.73. The summed E-state index contributed by atoms with van der Waals surface area (Å²) in [6.07, 6.45) is 2.85. The fourth-order valence-corrected chi connectivity index (χ4v) is 3.35. The van der Waals surface area contributed by atoms with E-state index >= 15 is 0 Å². The van der Waals surface area contributed by atoms with E-state index in [1.807, 2.05) is 35.7 Å². The average molecular weight is 296 g/mol. The summed E-state index contributed by atoms with van der Waals surface area (Å²) in [4.78, 5) is 30.4. The van der Waals surface area contributed by atoms with Crippen LogP contribution in [0.3, 0.4) is 0 Å². The van der Waals surface area contributed by atoms with E-state index in [1.54, 1.807) is 0 Å². The van der Waals surface area contributed by atoms with E-state index in [0.29, 0.717) is 32.7 Å². The average Bonchev–Trinajstić information content (AvgIpc) is 2.78. The van der Waals surface area contributed by atoms with Crippen molar-refractivity contribution >= 4 is 11.8 Å². The lowest BCUT2D eigenvalue weighted by atomic mass is 9.83. The highest BCUT2D eigenvalue weighted by Gasteiger charge is 2.45. The van der Waals surface area contributed by atoms with Gasteiger partial charge in [0.1, 0.15) is 0 Å². The summed E-state index contributed by atoms with van der Waals surface area (Å²) < 4.78 is 0. The topological polar surface area (TPSA) is 69.9 Å². The highest BCUT2D eigenvalue weighted by Crippen LogP contribution is 2.38. The lowest BCUT2D eigenvalue weighted by Gasteiger charge is -2.40. The number of likely N-dealkylation sites (N-methyl/N-ethyl adjacent to an activating group) is 1. The maximum absolute atomic E-state index is 12.7. The van der Waals surface area contributed by atoms with Crippen LogP contribution >= 0.6 is 0 Å². The van der Waals surface area contributed by atoms with E-state index in [4.69, 9.17) is 5.73 Å². The second kappa shape index (κ2) is 6.32. The first-order chi connectivity index (χ1) is 9.84. The molecule has 0 aromatic rings. The second-order valence-corrected chi connectivity index (χ2v) is 6.83. The van der Waals surface area contributed by atoms with Gasteiger partial charge in [0, 0.05) is 32.2 Å². The van der Waals surface area contributed by atoms with E-state index in [1.165, 1.54) is 0 Å². The lowest BCUT2D eigenvalue weighted by Crippen LogP contribution is -2.57. The molecule has 1 aliphatic carbocycles. The minimum atomic E-state index is -0.407. The van der Waals surface area contributed by atoms with Gasteiger partial charge < -0.3 is 20.4 Å². The second-order valence-electron chi connectivity index (χ2n) is 6.83. The van der Waals surface area contributed by atoms with Gasteiger partial charge in [0.05, 0.1) is 12.0 Å². The van der Waals surface area contributed by atoms with Gasteiger partial charge >= 0.3 is 0 Å². The van der Waals surface area contributed by atoms with E-state index in [2.05, 4.69) is 0 Å². The number of hydrogen-bond acceptors (Lipinski definition) is 4. The highest BCUT2D eigenvalue weighted by atomic mass is 16.2. The molecule has 1 aliphatic heterocycles. The number of carbonyl (C=O) groups excluding carboxylic acids is 2. The van der Waals surface area contributed by atoms with Crippen LogP contribution in [0.4, 0.5) is 0 Å². The highest BCUT2D eigenvalue weighted by molar-refractivity contribution is 5.84. The maximum Gasteiger partial charge on any atom is 0.236 e. The molecule has 2 N–H and O–H groups in total. The first-order valence-electron chi connectivity index (χ1n) is 7.82. The molecule has 2 atom stereocenters. The van der Waals surface area contributed by atoms with Gasteiger partial charge in [-0.3, -0.25) is 9.59 Å². The molecule has 1 saturated heterocycles. The van der Waals surface area contributed by atoms with Gasteiger partial charge in [-0.1, -0.05) is 6.42 Å². The zero-order valence-corrected chi connectivity index (χ0v) is 13.5. The Kier molecular flexibility index (Phi) is 4.88. The Hall–Kier alpha value is -1.14. The molecule has 6 nitrogen and oxygen atoms in total. The third kappa shape index (κ3) is 3.37. The first kappa shape index (κ1) is 16.2. The largest absolute Gasteiger partial charge is 0.339 e. The van der Waals surface area contributed by atoms with E-state index < -0.39 is 5.41 Å². The van der Waals surface area contributed by atoms with Crippen LogP contribution in [0, 0.1) is 5.41 Å². The Bertz CT molecular complexity index is 404. The molecular formula is C15H28N4O2. The SMILES string of the molecule is CN(C)CC(=O)N1CCN(C(=O)C2(C)CCCC2N)CC1. The molecule has 2 amide bonds. The Morgan fingerprint density at radius 2 is 1.76 bits per heavy atom. The summed E-state index contributed by atoms with van der Waals surface area (Å²) in [5, 5.41) is 0. The number of nitrogens with zero attached hydrogens (tertiary/aromatic N) is 3. The predicted molar refractivity (Wildman–Crippen MR) is 81.6 cm³/mol. The maximum atomic E-state index is 12.7. The van der Waals surface area contributed by atoms with Gasteiger partial charge in [-0.2, -0.15) is 0 Å². The number of amides is 2. The number of rotatable bonds is 3. The molecule has 2 aliphatic rings. The van der Waals surface area contributed by atoms with Gasteiger partial charge in [-0.25, -0.2) is 0 Å². The fraction of sp³-hybridized carbons (Fsp3) is 0.867. The van der Waals surface area contributed by atoms with Gasteiger partial charge in [0.15, 0.2) is 0 Å². The summed E-state index contributed by atoms with van der Waals surface area (Å²) in [5.74, 6) is 0.308. The zero-order chi connectivity index (χ0) is 15.6. The Morgan fingerprint density at radius 1 is 1.19 bits per heavy atom. The van der Waals surface area contributed by atoms with E-state index in [0.717, 1.165) is 19.3 Å². The van der Waals surface area contributed by atoms with E-state index in [9.17, 15) is 9.59 Å². The van der Waals surface area contributed by atoms with Gasteiger partial charge in [-0.15, -0.1) is 0 Å². The number of carbonyl (C=O) groups is 2. The Labute approximate surface area is 127 Å². The lowest BCUT2D eigenvalue weighted by molar-refractivity contribution is -0.146. The van der Waals surface area contributed by atoms with Crippen molar-refractivity contribution in [2.45, 2.75) is 32.2 Å². The quantitative estimate of drug-likeness (QED) is 0.779. The van der Waals surface area contributed by atoms with Crippen LogP contribution in [0.5, 0.6) is 0 Å². The van der Waals surface area contributed by atoms with Crippen molar-refractivity contribution in [3.05, 3.63) is 0 Å². The molecule has 0 aromatic carbocycles. The monoisotopic (exact) mass is 296 g/mol. The molecule has 0 radical (unpaired) electrons. The number of nitrogens with two attached hydrogens (primary N) is 1. The normalized spacial score (nSPS) is 30.0. The molecule has 2 fully saturated rings. The van der Waals surface area contributed by atoms with Crippen molar-refractivity contribution in [1.82, 2.24) is 14.7 Å². The molecule has 0 spiro atoms. The summed E-state index contributed by atoms with van der Waals surface area (Å²) >= 11 is 0. The van der Waals surface area contributed by atoms with Crippen LogP contribution < -0.4 is 5.73 Å². The molecular weight excluding hydrogens is 268 g/mol. The molecule has 2 rings (SSSR count). The predicted octanol–water partition coefficient (Wildman–Crippen LogP) is -0.264. The van der Waals surface area contributed by atoms with Crippen molar-refractivity contribution in [2.75, 3.05) is 46.8 Å². The number of hydrogen-bond donors (Lipinski definition) is 1. The van der Waals surface area contributed by atoms with Crippen molar-refractivity contribution in [1.29, 1.82) is 0 Å². The molecule has 0 bridgehead atoms. The van der Waals surface area contributed by atoms with Crippen molar-refractivity contribution in [2.24, 2.45) is 11.1 Å². The minimum Gasteiger partial charge on any atom is -0.339 e. The van der Waals surface area contributed by atoms with Crippen molar-refractivity contribution in [3.63, 3.8) is 0 Å². The van der Waals surface area contributed by atoms with Crippen LogP contribution in [0.2, 0.25) is 0 Å². The molecule has 1 saturated carbocycles. The third-order valence-corrected chi connectivity index (χ3v) is 4.89. The molecule has 2 unspecified atom stereocenters. The van der Waals surface area contributed by atoms with Crippen molar-refractivity contribution in [3.8, 4) is 0 Å². The minimum absolute atomic E-state index is 0.0293. The standard InChI is InChI=1S/C15H28N4O2/c1-15(6-4-5-12(15)16)14(21)19-9-7-18(8-10-19)13(20)11-17(2)3/h12H,4-11,16H2,1-3H3. The summed E-state index contributed by atoms with van der Waals surface area (Å²) in [6.45, 7) is 4.93. The Balaban J connectivity index is 1.89. The Morgan fingerprint density at radius 3 is 2.24 bits per heavy atom. The van der Waals surface area contributed by atoms with Crippen LogP contribution in [0.1, 0.15) is 26.2 Å². The third-order valence-electron chi connectivity index (χ3n) is 4.89. The van der Waals surface area contributed by atoms with E-state index in [-0.39, 0.29) is 17.9 Å². The van der Waals surface area contributed by atoms with Crippen LogP contribution in [0.25, 0.3) is 0 Å². The van der Waals surface area contributed by atoms with Gasteiger partial charge in [-0.05, 0) is 33.9 Å². The van der Waals surface area contributed by atoms with Crippen LogP contribution in [-0.4, -0.2) is 79.4 Å². The smallest absolute Gasteiger partial charge is 0.236 e. The molecule has 0 aromatic heterocycles. The molecule has 1 heterocycles. The number of piperazine rings is 1. The zero-order valence-electron chi connectivity index (χ0n) is 13.5. The van der Waals surface area contributed by atoms with Crippen molar-refractivity contribution < 1.29 is 9.59 Å². The molecule has 6 heteroatoms. The summed E-state index contributed by atoms with van der Waals surface area (Å²) in [7, 11) is 3.78. The molecule has 21 heavy (non-hydrogen) atoms.